The van der Waals surface area contributed by atoms with E-state index in [9.17, 15) is 0 Å². The van der Waals surface area contributed by atoms with E-state index in [1.54, 1.807) is 32.7 Å². The minimum atomic E-state index is 0.794. The van der Waals surface area contributed by atoms with Gasteiger partial charge >= 0.3 is 63.9 Å². The van der Waals surface area contributed by atoms with Crippen LogP contribution in [0.4, 0.5) is 0 Å². The molecule has 0 fully saturated rings. The van der Waals surface area contributed by atoms with Crippen molar-refractivity contribution >= 4 is 4.08 Å². The van der Waals surface area contributed by atoms with Crippen molar-refractivity contribution in [3.63, 3.8) is 0 Å². The second-order valence-corrected chi connectivity index (χ2v) is 2.38. The van der Waals surface area contributed by atoms with Gasteiger partial charge in [0, 0.05) is 0 Å². The van der Waals surface area contributed by atoms with Crippen molar-refractivity contribution in [2.75, 3.05) is 7.11 Å². The van der Waals surface area contributed by atoms with Gasteiger partial charge in [0.05, 0.1) is 0 Å². The van der Waals surface area contributed by atoms with Crippen molar-refractivity contribution in [1.82, 2.24) is 0 Å². The van der Waals surface area contributed by atoms with Crippen LogP contribution in [0.15, 0.2) is 22.8 Å². The third kappa shape index (κ3) is 1.60. The maximum absolute atomic E-state index is 5.03. The Morgan fingerprint density at radius 2 is 2.56 bits per heavy atom. The first-order chi connectivity index (χ1) is 4.34. The Morgan fingerprint density at radius 1 is 1.78 bits per heavy atom. The number of rotatable bonds is 2. The van der Waals surface area contributed by atoms with Crippen molar-refractivity contribution < 1.29 is 28.5 Å². The predicted molar refractivity (Wildman–Crippen MR) is 29.8 cm³/mol. The molecule has 9 heavy (non-hydrogen) atoms. The molecule has 0 saturated heterocycles. The number of methoxy groups -OCH3 is 1. The molecular weight excluding hydrogens is 200 g/mol. The number of hydrogen-bond acceptors (Lipinski definition) is 2. The first-order valence-corrected chi connectivity index (χ1v) is 3.47. The summed E-state index contributed by atoms with van der Waals surface area (Å²) in [7, 11) is 1.63. The summed E-state index contributed by atoms with van der Waals surface area (Å²) in [5.41, 5.74) is 0. The van der Waals surface area contributed by atoms with E-state index in [2.05, 4.69) is 0 Å². The number of furan rings is 1. The van der Waals surface area contributed by atoms with Crippen LogP contribution < -0.4 is 0 Å². The van der Waals surface area contributed by atoms with Crippen molar-refractivity contribution in [3.05, 3.63) is 24.2 Å². The molecular formula is C6H6MoO2. The molecule has 1 rings (SSSR count). The molecule has 1 aromatic heterocycles. The molecule has 0 spiro atoms. The molecule has 1 aromatic rings. The van der Waals surface area contributed by atoms with Gasteiger partial charge in [-0.3, -0.25) is 0 Å². The van der Waals surface area contributed by atoms with E-state index >= 15 is 0 Å². The van der Waals surface area contributed by atoms with Crippen LogP contribution in [0, 0.1) is 0 Å². The Balaban J connectivity index is 2.77. The van der Waals surface area contributed by atoms with Crippen molar-refractivity contribution in [1.29, 1.82) is 0 Å². The molecule has 0 radical (unpaired) electrons. The van der Waals surface area contributed by atoms with Gasteiger partial charge < -0.3 is 0 Å². The van der Waals surface area contributed by atoms with Gasteiger partial charge in [-0.25, -0.2) is 0 Å². The molecule has 0 unspecified atom stereocenters. The van der Waals surface area contributed by atoms with Gasteiger partial charge in [0.1, 0.15) is 0 Å². The third-order valence-corrected chi connectivity index (χ3v) is 1.81. The molecule has 0 aliphatic carbocycles. The van der Waals surface area contributed by atoms with Crippen LogP contribution in [0.1, 0.15) is 5.76 Å². The Bertz CT molecular complexity index is 191. The van der Waals surface area contributed by atoms with Crippen molar-refractivity contribution in [2.45, 2.75) is 0 Å². The third-order valence-electron chi connectivity index (χ3n) is 0.908. The van der Waals surface area contributed by atoms with Gasteiger partial charge in [-0.15, -0.1) is 0 Å². The average Bonchev–Trinajstić information content (AvgIpc) is 2.37. The van der Waals surface area contributed by atoms with Gasteiger partial charge in [0.2, 0.25) is 0 Å². The van der Waals surface area contributed by atoms with E-state index in [0.29, 0.717) is 0 Å². The molecule has 0 aliphatic heterocycles. The Kier molecular flexibility index (Phi) is 2.37. The van der Waals surface area contributed by atoms with Crippen LogP contribution in [-0.2, 0) is 24.1 Å². The Hall–Kier alpha value is -0.202. The molecule has 1 heterocycles. The second-order valence-electron chi connectivity index (χ2n) is 1.47. The fourth-order valence-electron chi connectivity index (χ4n) is 0.495. The van der Waals surface area contributed by atoms with Crippen LogP contribution in [0.3, 0.4) is 0 Å². The number of ether oxygens (including phenoxy) is 1. The van der Waals surface area contributed by atoms with E-state index in [-0.39, 0.29) is 0 Å². The molecule has 0 N–H and O–H groups in total. The van der Waals surface area contributed by atoms with E-state index in [1.165, 1.54) is 0 Å². The van der Waals surface area contributed by atoms with E-state index in [0.717, 1.165) is 9.84 Å². The molecule has 0 amide bonds. The molecule has 2 nitrogen and oxygen atoms in total. The predicted octanol–water partition coefficient (Wildman–Crippen LogP) is 0.951. The zero-order valence-electron chi connectivity index (χ0n) is 4.96. The standard InChI is InChI=1S/C6H6O2.Mo/c1-7-5-6-3-2-4-8-6;/h2-4H,1H3;. The van der Waals surface area contributed by atoms with E-state index < -0.39 is 0 Å². The molecule has 0 aliphatic rings. The average molecular weight is 206 g/mol. The van der Waals surface area contributed by atoms with Crippen molar-refractivity contribution in [2.24, 2.45) is 0 Å². The monoisotopic (exact) mass is 208 g/mol. The first-order valence-electron chi connectivity index (χ1n) is 2.46. The van der Waals surface area contributed by atoms with Crippen LogP contribution in [-0.4, -0.2) is 11.2 Å². The summed E-state index contributed by atoms with van der Waals surface area (Å²) in [4.78, 5) is 0. The summed E-state index contributed by atoms with van der Waals surface area (Å²) in [6, 6.07) is 3.70. The molecule has 48 valence electrons. The summed E-state index contributed by atoms with van der Waals surface area (Å²) in [6.45, 7) is 0. The summed E-state index contributed by atoms with van der Waals surface area (Å²) in [6.07, 6.45) is 1.62. The molecule has 0 atom stereocenters. The zero-order chi connectivity index (χ0) is 6.69. The molecule has 0 bridgehead atoms. The van der Waals surface area contributed by atoms with Crippen LogP contribution in [0.2, 0.25) is 0 Å². The van der Waals surface area contributed by atoms with Gasteiger partial charge in [-0.05, 0) is 0 Å². The van der Waals surface area contributed by atoms with Gasteiger partial charge in [-0.2, -0.15) is 0 Å². The summed E-state index contributed by atoms with van der Waals surface area (Å²) in [5.74, 6) is 0.794. The molecule has 0 aromatic carbocycles. The quantitative estimate of drug-likeness (QED) is 0.672. The van der Waals surface area contributed by atoms with Crippen molar-refractivity contribution in [3.8, 4) is 0 Å². The normalized spacial score (nSPS) is 9.44. The minimum absolute atomic E-state index is 0.794. The number of hydrogen-bond donors (Lipinski definition) is 0. The fraction of sp³-hybridized carbons (Fsp3) is 0.167. The zero-order valence-corrected chi connectivity index (χ0v) is 6.96. The van der Waals surface area contributed by atoms with E-state index in [4.69, 9.17) is 9.15 Å². The van der Waals surface area contributed by atoms with Gasteiger partial charge in [-0.1, -0.05) is 0 Å². The first kappa shape index (κ1) is 6.91. The van der Waals surface area contributed by atoms with Gasteiger partial charge in [0.15, 0.2) is 0 Å². The summed E-state index contributed by atoms with van der Waals surface area (Å²) >= 11 is 1.79. The fourth-order valence-corrected chi connectivity index (χ4v) is 0.781. The molecule has 3 heteroatoms. The van der Waals surface area contributed by atoms with Crippen LogP contribution in [0.25, 0.3) is 0 Å². The Morgan fingerprint density at radius 3 is 3.00 bits per heavy atom. The summed E-state index contributed by atoms with van der Waals surface area (Å²) in [5, 5.41) is 0. The topological polar surface area (TPSA) is 22.4 Å². The van der Waals surface area contributed by atoms with Gasteiger partial charge in [0.25, 0.3) is 0 Å². The van der Waals surface area contributed by atoms with Crippen LogP contribution in [0.5, 0.6) is 0 Å². The second kappa shape index (κ2) is 3.09. The summed E-state index contributed by atoms with van der Waals surface area (Å²) < 4.78 is 10.8. The molecule has 0 saturated carbocycles. The van der Waals surface area contributed by atoms with Crippen LogP contribution >= 0.6 is 0 Å². The maximum atomic E-state index is 5.03. The Labute approximate surface area is 64.2 Å². The van der Waals surface area contributed by atoms with E-state index in [1.807, 2.05) is 12.1 Å². The SMILES string of the molecule is CO[C](=[Mo])c1ccco1.